The summed E-state index contributed by atoms with van der Waals surface area (Å²) in [5.41, 5.74) is 2.08. The maximum atomic E-state index is 6.35. The fourth-order valence-corrected chi connectivity index (χ4v) is 4.34. The molecule has 0 unspecified atom stereocenters. The van der Waals surface area contributed by atoms with Gasteiger partial charge in [0.25, 0.3) is 0 Å². The number of hydrogen-bond acceptors (Lipinski definition) is 6. The summed E-state index contributed by atoms with van der Waals surface area (Å²) < 4.78 is 16.7. The molecule has 1 aliphatic carbocycles. The minimum Gasteiger partial charge on any atom is -0.497 e. The Kier molecular flexibility index (Phi) is 7.87. The van der Waals surface area contributed by atoms with E-state index in [4.69, 9.17) is 19.0 Å². The largest absolute Gasteiger partial charge is 0.497 e. The van der Waals surface area contributed by atoms with Crippen LogP contribution in [0, 0.1) is 0 Å². The van der Waals surface area contributed by atoms with Crippen LogP contribution in [0.2, 0.25) is 0 Å². The average molecular weight is 442 g/mol. The van der Waals surface area contributed by atoms with E-state index in [1.807, 2.05) is 18.2 Å². The van der Waals surface area contributed by atoms with E-state index in [2.05, 4.69) is 33.3 Å². The van der Waals surface area contributed by atoms with Gasteiger partial charge in [-0.25, -0.2) is 4.99 Å². The molecule has 2 fully saturated rings. The molecule has 0 bridgehead atoms. The molecule has 0 radical (unpaired) electrons. The second-order valence-corrected chi connectivity index (χ2v) is 8.42. The van der Waals surface area contributed by atoms with Crippen LogP contribution >= 0.6 is 0 Å². The van der Waals surface area contributed by atoms with Crippen molar-refractivity contribution in [1.29, 1.82) is 0 Å². The van der Waals surface area contributed by atoms with Crippen LogP contribution in [0.4, 0.5) is 0 Å². The van der Waals surface area contributed by atoms with Gasteiger partial charge in [-0.15, -0.1) is 0 Å². The number of piperazine rings is 1. The molecule has 32 heavy (non-hydrogen) atoms. The first-order valence-corrected chi connectivity index (χ1v) is 11.7. The topological polar surface area (TPSA) is 75.4 Å². The van der Waals surface area contributed by atoms with Crippen LogP contribution in [-0.2, 0) is 13.1 Å². The molecule has 0 amide bonds. The Balaban J connectivity index is 1.40. The zero-order valence-electron chi connectivity index (χ0n) is 19.3. The summed E-state index contributed by atoms with van der Waals surface area (Å²) in [4.78, 5) is 9.70. The monoisotopic (exact) mass is 441 g/mol. The van der Waals surface area contributed by atoms with E-state index in [1.54, 1.807) is 13.4 Å². The van der Waals surface area contributed by atoms with Gasteiger partial charge in [0.05, 0.1) is 25.5 Å². The number of nitrogens with zero attached hydrogens (tertiary/aromatic N) is 4. The lowest BCUT2D eigenvalue weighted by Crippen LogP contribution is -2.52. The van der Waals surface area contributed by atoms with Crippen molar-refractivity contribution in [1.82, 2.24) is 20.3 Å². The maximum Gasteiger partial charge on any atom is 0.194 e. The van der Waals surface area contributed by atoms with Crippen LogP contribution in [0.25, 0.3) is 0 Å². The Labute approximate surface area is 190 Å². The number of aliphatic imine (C=N–C) groups is 1. The summed E-state index contributed by atoms with van der Waals surface area (Å²) in [7, 11) is 1.69. The van der Waals surface area contributed by atoms with Crippen LogP contribution < -0.4 is 14.8 Å². The van der Waals surface area contributed by atoms with Crippen molar-refractivity contribution in [3.63, 3.8) is 0 Å². The van der Waals surface area contributed by atoms with Crippen LogP contribution in [0.5, 0.6) is 11.5 Å². The number of guanidine groups is 1. The maximum absolute atomic E-state index is 6.35. The third-order valence-electron chi connectivity index (χ3n) is 6.15. The Morgan fingerprint density at radius 2 is 2.00 bits per heavy atom. The van der Waals surface area contributed by atoms with E-state index in [0.29, 0.717) is 12.6 Å². The van der Waals surface area contributed by atoms with Crippen molar-refractivity contribution >= 4 is 5.96 Å². The number of methoxy groups -OCH3 is 1. The van der Waals surface area contributed by atoms with Gasteiger partial charge in [-0.1, -0.05) is 5.16 Å². The highest BCUT2D eigenvalue weighted by molar-refractivity contribution is 5.80. The van der Waals surface area contributed by atoms with Crippen LogP contribution in [-0.4, -0.2) is 66.9 Å². The van der Waals surface area contributed by atoms with Gasteiger partial charge in [-0.3, -0.25) is 4.90 Å². The molecule has 1 aliphatic heterocycles. The van der Waals surface area contributed by atoms with Gasteiger partial charge in [0.2, 0.25) is 0 Å². The summed E-state index contributed by atoms with van der Waals surface area (Å²) in [6, 6.07) is 7.99. The molecule has 0 atom stereocenters. The molecule has 4 rings (SSSR count). The molecule has 174 valence electrons. The SMILES string of the molecule is CCNC(=NCc1ccc(OC)cc1OC1CCCC1)N1CCN(Cc2ccon2)CC1. The number of ether oxygens (including phenoxy) is 2. The van der Waals surface area contributed by atoms with E-state index in [-0.39, 0.29) is 0 Å². The fourth-order valence-electron chi connectivity index (χ4n) is 4.34. The summed E-state index contributed by atoms with van der Waals surface area (Å²) in [6.45, 7) is 8.14. The first-order valence-electron chi connectivity index (χ1n) is 11.7. The molecule has 1 aromatic carbocycles. The van der Waals surface area contributed by atoms with Crippen molar-refractivity contribution in [2.24, 2.45) is 4.99 Å². The van der Waals surface area contributed by atoms with E-state index in [0.717, 1.165) is 80.8 Å². The van der Waals surface area contributed by atoms with Crippen LogP contribution in [0.3, 0.4) is 0 Å². The first-order chi connectivity index (χ1) is 15.7. The lowest BCUT2D eigenvalue weighted by Gasteiger charge is -2.36. The highest BCUT2D eigenvalue weighted by atomic mass is 16.5. The van der Waals surface area contributed by atoms with Gasteiger partial charge in [0, 0.05) is 57.0 Å². The van der Waals surface area contributed by atoms with Gasteiger partial charge in [-0.2, -0.15) is 0 Å². The molecule has 1 aromatic heterocycles. The molecular formula is C24H35N5O3. The third-order valence-corrected chi connectivity index (χ3v) is 6.15. The predicted octanol–water partition coefficient (Wildman–Crippen LogP) is 3.29. The molecular weight excluding hydrogens is 406 g/mol. The molecule has 2 aliphatic rings. The Bertz CT molecular complexity index is 857. The van der Waals surface area contributed by atoms with Crippen molar-refractivity contribution in [3.05, 3.63) is 41.8 Å². The van der Waals surface area contributed by atoms with Crippen LogP contribution in [0.15, 0.2) is 40.0 Å². The summed E-state index contributed by atoms with van der Waals surface area (Å²) >= 11 is 0. The predicted molar refractivity (Wildman–Crippen MR) is 124 cm³/mol. The highest BCUT2D eigenvalue weighted by Crippen LogP contribution is 2.30. The number of benzene rings is 1. The molecule has 0 spiro atoms. The van der Waals surface area contributed by atoms with Crippen molar-refractivity contribution in [2.75, 3.05) is 39.8 Å². The second-order valence-electron chi connectivity index (χ2n) is 8.42. The van der Waals surface area contributed by atoms with Gasteiger partial charge in [-0.05, 0) is 44.7 Å². The van der Waals surface area contributed by atoms with Gasteiger partial charge >= 0.3 is 0 Å². The number of nitrogens with one attached hydrogen (secondary N) is 1. The minimum atomic E-state index is 0.302. The summed E-state index contributed by atoms with van der Waals surface area (Å²) in [6.07, 6.45) is 6.68. The summed E-state index contributed by atoms with van der Waals surface area (Å²) in [5.74, 6) is 2.67. The number of aromatic nitrogens is 1. The Morgan fingerprint density at radius 3 is 2.69 bits per heavy atom. The normalized spacial score (nSPS) is 18.2. The van der Waals surface area contributed by atoms with Crippen molar-refractivity contribution < 1.29 is 14.0 Å². The third kappa shape index (κ3) is 5.94. The number of rotatable bonds is 8. The number of hydrogen-bond donors (Lipinski definition) is 1. The first kappa shape index (κ1) is 22.5. The average Bonchev–Trinajstić information content (AvgIpc) is 3.52. The molecule has 1 saturated carbocycles. The van der Waals surface area contributed by atoms with Gasteiger partial charge in [0.15, 0.2) is 5.96 Å². The minimum absolute atomic E-state index is 0.302. The standard InChI is InChI=1S/C24H35N5O3/c1-3-25-24(29-13-11-28(12-14-29)18-20-10-15-31-27-20)26-17-19-8-9-22(30-2)16-23(19)32-21-6-4-5-7-21/h8-10,15-16,21H,3-7,11-14,17-18H2,1-2H3,(H,25,26). The molecule has 1 saturated heterocycles. The summed E-state index contributed by atoms with van der Waals surface area (Å²) in [5, 5.41) is 7.49. The highest BCUT2D eigenvalue weighted by Gasteiger charge is 2.21. The Morgan fingerprint density at radius 1 is 1.19 bits per heavy atom. The van der Waals surface area contributed by atoms with E-state index < -0.39 is 0 Å². The van der Waals surface area contributed by atoms with Crippen molar-refractivity contribution in [3.8, 4) is 11.5 Å². The molecule has 8 heteroatoms. The smallest absolute Gasteiger partial charge is 0.194 e. The van der Waals surface area contributed by atoms with Gasteiger partial charge < -0.3 is 24.2 Å². The molecule has 1 N–H and O–H groups in total. The quantitative estimate of drug-likeness (QED) is 0.498. The molecule has 8 nitrogen and oxygen atoms in total. The zero-order chi connectivity index (χ0) is 22.2. The fraction of sp³-hybridized carbons (Fsp3) is 0.583. The Hall–Kier alpha value is -2.74. The van der Waals surface area contributed by atoms with E-state index in [9.17, 15) is 0 Å². The zero-order valence-corrected chi connectivity index (χ0v) is 19.3. The van der Waals surface area contributed by atoms with E-state index >= 15 is 0 Å². The lowest BCUT2D eigenvalue weighted by atomic mass is 10.2. The second kappa shape index (κ2) is 11.2. The molecule has 2 heterocycles. The van der Waals surface area contributed by atoms with E-state index in [1.165, 1.54) is 12.8 Å². The van der Waals surface area contributed by atoms with Crippen LogP contribution in [0.1, 0.15) is 43.9 Å². The van der Waals surface area contributed by atoms with Crippen molar-refractivity contribution in [2.45, 2.75) is 51.8 Å². The molecule has 2 aromatic rings. The van der Waals surface area contributed by atoms with Gasteiger partial charge in [0.1, 0.15) is 17.8 Å². The lowest BCUT2D eigenvalue weighted by molar-refractivity contribution is 0.169.